The van der Waals surface area contributed by atoms with Gasteiger partial charge in [-0.25, -0.2) is 8.42 Å². The van der Waals surface area contributed by atoms with E-state index in [9.17, 15) is 13.2 Å². The summed E-state index contributed by atoms with van der Waals surface area (Å²) in [7, 11) is -3.63. The van der Waals surface area contributed by atoms with Gasteiger partial charge in [-0.3, -0.25) is 4.79 Å². The molecule has 1 atom stereocenters. The molecule has 0 spiro atoms. The zero-order valence-corrected chi connectivity index (χ0v) is 18.0. The zero-order valence-electron chi connectivity index (χ0n) is 16.4. The molecule has 0 saturated carbocycles. The molecule has 3 aromatic rings. The molecule has 1 aromatic heterocycles. The van der Waals surface area contributed by atoms with Crippen molar-refractivity contribution < 1.29 is 13.2 Å². The Labute approximate surface area is 176 Å². The van der Waals surface area contributed by atoms with E-state index < -0.39 is 10.0 Å². The number of thiophene rings is 1. The van der Waals surface area contributed by atoms with Crippen LogP contribution in [0.4, 0.5) is 0 Å². The molecular weight excluding hydrogens is 404 g/mol. The fourth-order valence-electron chi connectivity index (χ4n) is 3.14. The predicted molar refractivity (Wildman–Crippen MR) is 117 cm³/mol. The molecule has 0 aliphatic heterocycles. The lowest BCUT2D eigenvalue weighted by Crippen LogP contribution is -2.31. The molecule has 29 heavy (non-hydrogen) atoms. The third-order valence-electron chi connectivity index (χ3n) is 4.68. The Hall–Kier alpha value is -2.48. The van der Waals surface area contributed by atoms with Gasteiger partial charge >= 0.3 is 0 Å². The summed E-state index contributed by atoms with van der Waals surface area (Å²) in [5.41, 5.74) is 1.28. The molecule has 3 rings (SSSR count). The fourth-order valence-corrected chi connectivity index (χ4v) is 5.45. The highest BCUT2D eigenvalue weighted by molar-refractivity contribution is 7.89. The van der Waals surface area contributed by atoms with E-state index in [0.29, 0.717) is 18.7 Å². The van der Waals surface area contributed by atoms with Crippen LogP contribution in [-0.2, 0) is 10.0 Å². The van der Waals surface area contributed by atoms with Crippen LogP contribution in [0.2, 0.25) is 0 Å². The normalized spacial score (nSPS) is 12.7. The topological polar surface area (TPSA) is 66.5 Å². The summed E-state index contributed by atoms with van der Waals surface area (Å²) < 4.78 is 27.0. The SMILES string of the molecule is CCN(CC)S(=O)(=O)c1cccc(C(=O)NC(c2ccccc2)c2cccs2)c1. The van der Waals surface area contributed by atoms with Gasteiger partial charge in [-0.15, -0.1) is 11.3 Å². The largest absolute Gasteiger partial charge is 0.340 e. The molecule has 1 amide bonds. The van der Waals surface area contributed by atoms with Crippen molar-refractivity contribution >= 4 is 27.3 Å². The maximum absolute atomic E-state index is 13.0. The second-order valence-corrected chi connectivity index (χ2v) is 9.37. The predicted octanol–water partition coefficient (Wildman–Crippen LogP) is 4.30. The van der Waals surface area contributed by atoms with Crippen molar-refractivity contribution in [1.82, 2.24) is 9.62 Å². The highest BCUT2D eigenvalue weighted by Gasteiger charge is 2.24. The van der Waals surface area contributed by atoms with E-state index in [2.05, 4.69) is 5.32 Å². The Morgan fingerprint density at radius 2 is 1.72 bits per heavy atom. The minimum atomic E-state index is -3.63. The van der Waals surface area contributed by atoms with Crippen molar-refractivity contribution in [2.45, 2.75) is 24.8 Å². The van der Waals surface area contributed by atoms with Crippen LogP contribution in [0.5, 0.6) is 0 Å². The highest BCUT2D eigenvalue weighted by atomic mass is 32.2. The molecule has 0 saturated heterocycles. The van der Waals surface area contributed by atoms with Crippen molar-refractivity contribution in [1.29, 1.82) is 0 Å². The monoisotopic (exact) mass is 428 g/mol. The van der Waals surface area contributed by atoms with Gasteiger partial charge in [0, 0.05) is 23.5 Å². The van der Waals surface area contributed by atoms with Crippen LogP contribution in [0, 0.1) is 0 Å². The van der Waals surface area contributed by atoms with Gasteiger partial charge in [0.25, 0.3) is 5.91 Å². The molecule has 0 fully saturated rings. The standard InChI is InChI=1S/C22H24N2O3S2/c1-3-24(4-2)29(26,27)19-13-8-12-18(16-19)22(25)23-21(20-14-9-15-28-20)17-10-6-5-7-11-17/h5-16,21H,3-4H2,1-2H3,(H,23,25). The van der Waals surface area contributed by atoms with E-state index in [1.807, 2.05) is 47.8 Å². The molecule has 1 heterocycles. The van der Waals surface area contributed by atoms with E-state index in [4.69, 9.17) is 0 Å². The number of carbonyl (C=O) groups excluding carboxylic acids is 1. The van der Waals surface area contributed by atoms with Crippen LogP contribution < -0.4 is 5.32 Å². The molecule has 1 unspecified atom stereocenters. The van der Waals surface area contributed by atoms with Crippen LogP contribution in [-0.4, -0.2) is 31.7 Å². The third-order valence-corrected chi connectivity index (χ3v) is 7.66. The molecule has 2 aromatic carbocycles. The Balaban J connectivity index is 1.90. The molecule has 0 bridgehead atoms. The van der Waals surface area contributed by atoms with Gasteiger partial charge in [-0.2, -0.15) is 4.31 Å². The first-order valence-electron chi connectivity index (χ1n) is 9.46. The lowest BCUT2D eigenvalue weighted by molar-refractivity contribution is 0.0943. The number of hydrogen-bond donors (Lipinski definition) is 1. The molecule has 5 nitrogen and oxygen atoms in total. The minimum absolute atomic E-state index is 0.126. The van der Waals surface area contributed by atoms with E-state index in [1.165, 1.54) is 16.4 Å². The molecule has 7 heteroatoms. The van der Waals surface area contributed by atoms with Crippen LogP contribution in [0.25, 0.3) is 0 Å². The average Bonchev–Trinajstić information content (AvgIpc) is 3.28. The first-order chi connectivity index (χ1) is 14.0. The quantitative estimate of drug-likeness (QED) is 0.582. The van der Waals surface area contributed by atoms with E-state index in [0.717, 1.165) is 10.4 Å². The van der Waals surface area contributed by atoms with Gasteiger partial charge in [-0.1, -0.05) is 56.3 Å². The first-order valence-corrected chi connectivity index (χ1v) is 11.8. The summed E-state index contributed by atoms with van der Waals surface area (Å²) >= 11 is 1.56. The average molecular weight is 429 g/mol. The number of hydrogen-bond acceptors (Lipinski definition) is 4. The molecule has 0 aliphatic carbocycles. The molecule has 152 valence electrons. The summed E-state index contributed by atoms with van der Waals surface area (Å²) in [4.78, 5) is 14.1. The number of carbonyl (C=O) groups is 1. The van der Waals surface area contributed by atoms with Crippen LogP contribution in [0.1, 0.15) is 40.7 Å². The number of rotatable bonds is 8. The van der Waals surface area contributed by atoms with Crippen LogP contribution >= 0.6 is 11.3 Å². The molecule has 0 aliphatic rings. The van der Waals surface area contributed by atoms with Gasteiger partial charge in [0.15, 0.2) is 0 Å². The highest BCUT2D eigenvalue weighted by Crippen LogP contribution is 2.26. The lowest BCUT2D eigenvalue weighted by Gasteiger charge is -2.20. The van der Waals surface area contributed by atoms with Gasteiger partial charge < -0.3 is 5.32 Å². The van der Waals surface area contributed by atoms with E-state index in [1.54, 1.807) is 37.3 Å². The number of nitrogens with one attached hydrogen (secondary N) is 1. The van der Waals surface area contributed by atoms with Gasteiger partial charge in [0.2, 0.25) is 10.0 Å². The van der Waals surface area contributed by atoms with Crippen LogP contribution in [0.15, 0.2) is 77.0 Å². The number of sulfonamides is 1. The Kier molecular flexibility index (Phi) is 6.84. The van der Waals surface area contributed by atoms with Crippen molar-refractivity contribution in [2.24, 2.45) is 0 Å². The van der Waals surface area contributed by atoms with Crippen molar-refractivity contribution in [2.75, 3.05) is 13.1 Å². The number of nitrogens with zero attached hydrogens (tertiary/aromatic N) is 1. The maximum atomic E-state index is 13.0. The minimum Gasteiger partial charge on any atom is -0.340 e. The Morgan fingerprint density at radius 1 is 1.00 bits per heavy atom. The summed E-state index contributed by atoms with van der Waals surface area (Å²) in [5, 5.41) is 5.02. The first kappa shape index (κ1) is 21.2. The Bertz CT molecular complexity index is 1040. The van der Waals surface area contributed by atoms with Crippen molar-refractivity contribution in [3.8, 4) is 0 Å². The van der Waals surface area contributed by atoms with Gasteiger partial charge in [0.05, 0.1) is 10.9 Å². The third kappa shape index (κ3) is 4.75. The lowest BCUT2D eigenvalue weighted by atomic mass is 10.0. The van der Waals surface area contributed by atoms with E-state index >= 15 is 0 Å². The molecule has 1 N–H and O–H groups in total. The smallest absolute Gasteiger partial charge is 0.252 e. The second-order valence-electron chi connectivity index (χ2n) is 6.45. The van der Waals surface area contributed by atoms with Crippen molar-refractivity contribution in [3.05, 3.63) is 88.1 Å². The van der Waals surface area contributed by atoms with Crippen LogP contribution in [0.3, 0.4) is 0 Å². The van der Waals surface area contributed by atoms with E-state index in [-0.39, 0.29) is 16.8 Å². The summed E-state index contributed by atoms with van der Waals surface area (Å²) in [6.45, 7) is 4.35. The molecule has 0 radical (unpaired) electrons. The van der Waals surface area contributed by atoms with Crippen molar-refractivity contribution in [3.63, 3.8) is 0 Å². The van der Waals surface area contributed by atoms with Gasteiger partial charge in [0.1, 0.15) is 0 Å². The number of benzene rings is 2. The zero-order chi connectivity index (χ0) is 20.9. The fraction of sp³-hybridized carbons (Fsp3) is 0.227. The Morgan fingerprint density at radius 3 is 2.34 bits per heavy atom. The van der Waals surface area contributed by atoms with Gasteiger partial charge in [-0.05, 0) is 35.2 Å². The molecular formula is C22H24N2O3S2. The summed E-state index contributed by atoms with van der Waals surface area (Å²) in [6.07, 6.45) is 0. The second kappa shape index (κ2) is 9.35. The maximum Gasteiger partial charge on any atom is 0.252 e. The number of amides is 1. The summed E-state index contributed by atoms with van der Waals surface area (Å²) in [6, 6.07) is 19.5. The summed E-state index contributed by atoms with van der Waals surface area (Å²) in [5.74, 6) is -0.316.